The lowest BCUT2D eigenvalue weighted by Gasteiger charge is -2.44. The average Bonchev–Trinajstić information content (AvgIpc) is 2.39. The van der Waals surface area contributed by atoms with Crippen molar-refractivity contribution in [2.45, 2.75) is 64.5 Å². The van der Waals surface area contributed by atoms with Crippen LogP contribution in [0.1, 0.15) is 52.9 Å². The normalized spacial score (nSPS) is 30.3. The maximum absolute atomic E-state index is 5.93. The van der Waals surface area contributed by atoms with Crippen LogP contribution in [0.2, 0.25) is 0 Å². The lowest BCUT2D eigenvalue weighted by molar-refractivity contribution is -0.0920. The molecule has 0 aliphatic heterocycles. The van der Waals surface area contributed by atoms with Gasteiger partial charge in [-0.2, -0.15) is 0 Å². The molecule has 1 rings (SSSR count). The molecule has 0 amide bonds. The van der Waals surface area contributed by atoms with E-state index in [2.05, 4.69) is 26.1 Å². The molecule has 0 heterocycles. The Morgan fingerprint density at radius 1 is 1.28 bits per heavy atom. The summed E-state index contributed by atoms with van der Waals surface area (Å²) in [6, 6.07) is 0.326. The highest BCUT2D eigenvalue weighted by atomic mass is 16.5. The van der Waals surface area contributed by atoms with Gasteiger partial charge < -0.3 is 14.8 Å². The highest BCUT2D eigenvalue weighted by Gasteiger charge is 2.41. The van der Waals surface area contributed by atoms with Gasteiger partial charge in [-0.25, -0.2) is 0 Å². The van der Waals surface area contributed by atoms with Crippen LogP contribution >= 0.6 is 0 Å². The minimum Gasteiger partial charge on any atom is -0.380 e. The molecule has 1 fully saturated rings. The average molecular weight is 257 g/mol. The third-order valence-corrected chi connectivity index (χ3v) is 4.25. The summed E-state index contributed by atoms with van der Waals surface area (Å²) in [4.78, 5) is 0. The second kappa shape index (κ2) is 8.13. The first-order chi connectivity index (χ1) is 8.68. The fourth-order valence-corrected chi connectivity index (χ4v) is 2.93. The van der Waals surface area contributed by atoms with Gasteiger partial charge in [0.05, 0.1) is 18.2 Å². The Kier molecular flexibility index (Phi) is 7.20. The molecule has 0 aromatic carbocycles. The van der Waals surface area contributed by atoms with Crippen LogP contribution in [0.3, 0.4) is 0 Å². The molecule has 1 N–H and O–H groups in total. The van der Waals surface area contributed by atoms with E-state index >= 15 is 0 Å². The topological polar surface area (TPSA) is 30.5 Å². The van der Waals surface area contributed by atoms with Gasteiger partial charge in [-0.1, -0.05) is 20.8 Å². The summed E-state index contributed by atoms with van der Waals surface area (Å²) in [5.41, 5.74) is -0.0176. The van der Waals surface area contributed by atoms with Crippen LogP contribution in [-0.2, 0) is 9.47 Å². The predicted octanol–water partition coefficient (Wildman–Crippen LogP) is 2.99. The van der Waals surface area contributed by atoms with Gasteiger partial charge in [-0.05, 0) is 44.6 Å². The number of rotatable bonds is 8. The number of ether oxygens (including phenoxy) is 2. The van der Waals surface area contributed by atoms with E-state index in [1.165, 1.54) is 12.8 Å². The lowest BCUT2D eigenvalue weighted by atomic mass is 9.75. The highest BCUT2D eigenvalue weighted by molar-refractivity contribution is 4.96. The molecule has 108 valence electrons. The number of hydrogen-bond donors (Lipinski definition) is 1. The van der Waals surface area contributed by atoms with E-state index in [4.69, 9.17) is 9.47 Å². The van der Waals surface area contributed by atoms with Crippen molar-refractivity contribution in [3.63, 3.8) is 0 Å². The molecule has 0 spiro atoms. The summed E-state index contributed by atoms with van der Waals surface area (Å²) in [5, 5.41) is 3.57. The summed E-state index contributed by atoms with van der Waals surface area (Å²) in [6.45, 7) is 9.23. The molecule has 1 atom stereocenters. The zero-order valence-corrected chi connectivity index (χ0v) is 12.6. The zero-order valence-electron chi connectivity index (χ0n) is 12.6. The van der Waals surface area contributed by atoms with Gasteiger partial charge in [0.2, 0.25) is 0 Å². The maximum Gasteiger partial charge on any atom is 0.0853 e. The van der Waals surface area contributed by atoms with E-state index in [9.17, 15) is 0 Å². The van der Waals surface area contributed by atoms with E-state index in [0.717, 1.165) is 44.9 Å². The van der Waals surface area contributed by atoms with Crippen molar-refractivity contribution in [2.24, 2.45) is 5.92 Å². The summed E-state index contributed by atoms with van der Waals surface area (Å²) in [5.74, 6) is 0.840. The van der Waals surface area contributed by atoms with Crippen molar-refractivity contribution in [2.75, 3.05) is 26.9 Å². The number of hydrogen-bond acceptors (Lipinski definition) is 3. The minimum absolute atomic E-state index is 0.0176. The first-order valence-corrected chi connectivity index (χ1v) is 7.54. The van der Waals surface area contributed by atoms with E-state index in [0.29, 0.717) is 6.04 Å². The Bertz CT molecular complexity index is 213. The third-order valence-electron chi connectivity index (χ3n) is 4.25. The Morgan fingerprint density at radius 2 is 1.94 bits per heavy atom. The quantitative estimate of drug-likeness (QED) is 0.678. The molecule has 0 saturated heterocycles. The monoisotopic (exact) mass is 257 g/mol. The van der Waals surface area contributed by atoms with Crippen LogP contribution in [0, 0.1) is 5.92 Å². The van der Waals surface area contributed by atoms with Crippen molar-refractivity contribution in [3.8, 4) is 0 Å². The molecule has 1 unspecified atom stereocenters. The van der Waals surface area contributed by atoms with Crippen molar-refractivity contribution in [1.29, 1.82) is 0 Å². The van der Waals surface area contributed by atoms with Crippen LogP contribution in [0.4, 0.5) is 0 Å². The smallest absolute Gasteiger partial charge is 0.0853 e. The highest BCUT2D eigenvalue weighted by Crippen LogP contribution is 2.37. The maximum atomic E-state index is 5.93. The second-order valence-electron chi connectivity index (χ2n) is 5.64. The summed E-state index contributed by atoms with van der Waals surface area (Å²) in [7, 11) is 1.86. The fraction of sp³-hybridized carbons (Fsp3) is 1.00. The van der Waals surface area contributed by atoms with Crippen molar-refractivity contribution < 1.29 is 9.47 Å². The Morgan fingerprint density at radius 3 is 2.44 bits per heavy atom. The van der Waals surface area contributed by atoms with Crippen molar-refractivity contribution >= 4 is 0 Å². The van der Waals surface area contributed by atoms with E-state index in [-0.39, 0.29) is 5.60 Å². The van der Waals surface area contributed by atoms with Gasteiger partial charge in [0, 0.05) is 13.7 Å². The van der Waals surface area contributed by atoms with Crippen LogP contribution in [-0.4, -0.2) is 38.5 Å². The first-order valence-electron chi connectivity index (χ1n) is 7.54. The molecule has 0 bridgehead atoms. The molecule has 0 aromatic heterocycles. The number of nitrogens with one attached hydrogen (secondary N) is 1. The summed E-state index contributed by atoms with van der Waals surface area (Å²) < 4.78 is 11.7. The summed E-state index contributed by atoms with van der Waals surface area (Å²) >= 11 is 0. The Balaban J connectivity index is 2.60. The van der Waals surface area contributed by atoms with Gasteiger partial charge >= 0.3 is 0 Å². The largest absolute Gasteiger partial charge is 0.380 e. The Hall–Kier alpha value is -0.120. The lowest BCUT2D eigenvalue weighted by Crippen LogP contribution is -2.56. The molecule has 1 aliphatic rings. The van der Waals surface area contributed by atoms with E-state index < -0.39 is 0 Å². The first kappa shape index (κ1) is 15.9. The predicted molar refractivity (Wildman–Crippen MR) is 75.9 cm³/mol. The van der Waals surface area contributed by atoms with Gasteiger partial charge in [0.1, 0.15) is 0 Å². The number of methoxy groups -OCH3 is 1. The van der Waals surface area contributed by atoms with E-state index in [1.54, 1.807) is 0 Å². The molecular weight excluding hydrogens is 226 g/mol. The third kappa shape index (κ3) is 4.22. The Labute approximate surface area is 113 Å². The van der Waals surface area contributed by atoms with Gasteiger partial charge in [-0.3, -0.25) is 0 Å². The van der Waals surface area contributed by atoms with Crippen LogP contribution in [0.25, 0.3) is 0 Å². The van der Waals surface area contributed by atoms with Crippen molar-refractivity contribution in [3.05, 3.63) is 0 Å². The minimum atomic E-state index is -0.0176. The van der Waals surface area contributed by atoms with Gasteiger partial charge in [-0.15, -0.1) is 0 Å². The zero-order chi connectivity index (χ0) is 13.4. The second-order valence-corrected chi connectivity index (χ2v) is 5.64. The molecule has 0 aromatic rings. The molecule has 0 radical (unpaired) electrons. The molecule has 3 nitrogen and oxygen atoms in total. The van der Waals surface area contributed by atoms with Crippen LogP contribution in [0.15, 0.2) is 0 Å². The van der Waals surface area contributed by atoms with Crippen molar-refractivity contribution in [1.82, 2.24) is 5.32 Å². The van der Waals surface area contributed by atoms with Crippen LogP contribution < -0.4 is 5.32 Å². The molecular formula is C15H31NO2. The molecule has 3 heteroatoms. The van der Waals surface area contributed by atoms with Gasteiger partial charge in [0.15, 0.2) is 0 Å². The SMILES string of the molecule is CCCOCC(NCC)C1(OC)CCC(C)CC1. The fourth-order valence-electron chi connectivity index (χ4n) is 2.93. The summed E-state index contributed by atoms with van der Waals surface area (Å²) in [6.07, 6.45) is 5.92. The molecule has 1 saturated carbocycles. The number of likely N-dealkylation sites (N-methyl/N-ethyl adjacent to an activating group) is 1. The van der Waals surface area contributed by atoms with Crippen LogP contribution in [0.5, 0.6) is 0 Å². The molecule has 18 heavy (non-hydrogen) atoms. The molecule has 1 aliphatic carbocycles. The van der Waals surface area contributed by atoms with Gasteiger partial charge in [0.25, 0.3) is 0 Å². The van der Waals surface area contributed by atoms with E-state index in [1.807, 2.05) is 7.11 Å². The standard InChI is InChI=1S/C15H31NO2/c1-5-11-18-12-14(16-6-2)15(17-4)9-7-13(3)8-10-15/h13-14,16H,5-12H2,1-4H3.